The molecule has 1 atom stereocenters. The molecular weight excluding hydrogens is 488 g/mol. The van der Waals surface area contributed by atoms with Crippen LogP contribution < -0.4 is 14.4 Å². The Bertz CT molecular complexity index is 1320. The van der Waals surface area contributed by atoms with Gasteiger partial charge in [0.15, 0.2) is 23.0 Å². The number of methoxy groups -OCH3 is 1. The Morgan fingerprint density at radius 2 is 1.92 bits per heavy atom. The third-order valence-corrected chi connectivity index (χ3v) is 7.13. The molecule has 0 unspecified atom stereocenters. The molecule has 2 aliphatic heterocycles. The second kappa shape index (κ2) is 11.3. The van der Waals surface area contributed by atoms with Gasteiger partial charge in [0.1, 0.15) is 18.7 Å². The smallest absolute Gasteiger partial charge is 0.290 e. The molecule has 9 heteroatoms. The maximum absolute atomic E-state index is 13.8. The van der Waals surface area contributed by atoms with E-state index in [1.54, 1.807) is 35.2 Å². The van der Waals surface area contributed by atoms with E-state index in [4.69, 9.17) is 18.6 Å². The minimum absolute atomic E-state index is 0.000937. The summed E-state index contributed by atoms with van der Waals surface area (Å²) in [7, 11) is 1.54. The van der Waals surface area contributed by atoms with Crippen molar-refractivity contribution in [3.8, 4) is 11.5 Å². The van der Waals surface area contributed by atoms with Crippen LogP contribution in [0.1, 0.15) is 35.5 Å². The molecule has 5 rings (SSSR count). The second-order valence-corrected chi connectivity index (χ2v) is 9.45. The van der Waals surface area contributed by atoms with Gasteiger partial charge in [-0.1, -0.05) is 24.3 Å². The molecule has 2 aliphatic rings. The number of benzene rings is 2. The van der Waals surface area contributed by atoms with Crippen molar-refractivity contribution in [1.29, 1.82) is 0 Å². The Hall–Kier alpha value is -3.82. The number of rotatable bonds is 10. The summed E-state index contributed by atoms with van der Waals surface area (Å²) < 4.78 is 22.5. The summed E-state index contributed by atoms with van der Waals surface area (Å²) in [5.41, 5.74) is 1.20. The zero-order valence-electron chi connectivity index (χ0n) is 21.7. The van der Waals surface area contributed by atoms with Gasteiger partial charge in [-0.25, -0.2) is 0 Å². The van der Waals surface area contributed by atoms with E-state index >= 15 is 0 Å². The number of carbonyl (C=O) groups excluding carboxylic acids is 2. The first-order chi connectivity index (χ1) is 18.5. The third-order valence-electron chi connectivity index (χ3n) is 7.13. The van der Waals surface area contributed by atoms with Crippen molar-refractivity contribution in [2.45, 2.75) is 19.4 Å². The number of amides is 1. The predicted molar refractivity (Wildman–Crippen MR) is 140 cm³/mol. The molecule has 3 aromatic rings. The SMILES string of the molecule is CCOc1ccc([C@@H]2C(C(=O)c3cc4ccccc4o3)=C(O)C(=O)N2CCC[NH+]2CCOCC2)cc1OC. The molecule has 9 nitrogen and oxygen atoms in total. The van der Waals surface area contributed by atoms with Crippen LogP contribution in [0.2, 0.25) is 0 Å². The second-order valence-electron chi connectivity index (χ2n) is 9.45. The van der Waals surface area contributed by atoms with Crippen LogP contribution in [0, 0.1) is 0 Å². The highest BCUT2D eigenvalue weighted by Crippen LogP contribution is 2.42. The average molecular weight is 522 g/mol. The van der Waals surface area contributed by atoms with E-state index in [2.05, 4.69) is 0 Å². The van der Waals surface area contributed by atoms with E-state index in [-0.39, 0.29) is 11.3 Å². The van der Waals surface area contributed by atoms with Gasteiger partial charge < -0.3 is 33.5 Å². The summed E-state index contributed by atoms with van der Waals surface area (Å²) in [6.45, 7) is 6.89. The van der Waals surface area contributed by atoms with Crippen LogP contribution >= 0.6 is 0 Å². The fraction of sp³-hybridized carbons (Fsp3) is 0.379. The Morgan fingerprint density at radius 3 is 2.66 bits per heavy atom. The minimum atomic E-state index is -0.799. The standard InChI is InChI=1S/C29H32N2O7/c1-3-37-22-10-9-20(18-23(22)35-2)26-25(27(32)24-17-19-7-4-5-8-21(19)38-24)28(33)29(34)31(26)12-6-11-30-13-15-36-16-14-30/h4-5,7-10,17-18,26,33H,3,6,11-16H2,1-2H3/p+1/t26-/m1/s1. The van der Waals surface area contributed by atoms with Crippen molar-refractivity contribution in [1.82, 2.24) is 4.90 Å². The number of Topliss-reactive ketones (excluding diaryl/α,β-unsaturated/α-hetero) is 1. The number of hydrogen-bond acceptors (Lipinski definition) is 7. The average Bonchev–Trinajstić information content (AvgIpc) is 3.49. The number of aliphatic hydroxyl groups excluding tert-OH is 1. The zero-order chi connectivity index (χ0) is 26.6. The number of ketones is 1. The topological polar surface area (TPSA) is 103 Å². The summed E-state index contributed by atoms with van der Waals surface area (Å²) in [5.74, 6) is -0.527. The van der Waals surface area contributed by atoms with Crippen molar-refractivity contribution < 1.29 is 38.2 Å². The number of carbonyl (C=O) groups is 2. The van der Waals surface area contributed by atoms with Gasteiger partial charge in [-0.05, 0) is 36.8 Å². The molecule has 1 aromatic heterocycles. The number of morpholine rings is 1. The molecule has 1 saturated heterocycles. The molecule has 2 N–H and O–H groups in total. The van der Waals surface area contributed by atoms with Gasteiger partial charge in [0.2, 0.25) is 5.78 Å². The lowest BCUT2D eigenvalue weighted by Crippen LogP contribution is -3.14. The molecular formula is C29H33N2O7+. The van der Waals surface area contributed by atoms with E-state index in [1.165, 1.54) is 12.0 Å². The number of quaternary nitrogens is 1. The van der Waals surface area contributed by atoms with E-state index in [9.17, 15) is 14.7 Å². The van der Waals surface area contributed by atoms with E-state index in [0.29, 0.717) is 42.2 Å². The van der Waals surface area contributed by atoms with Gasteiger partial charge in [0.05, 0.1) is 45.1 Å². The normalized spacial score (nSPS) is 18.4. The lowest BCUT2D eigenvalue weighted by molar-refractivity contribution is -0.908. The summed E-state index contributed by atoms with van der Waals surface area (Å²) in [6.07, 6.45) is 0.713. The molecule has 0 saturated carbocycles. The van der Waals surface area contributed by atoms with Gasteiger partial charge >= 0.3 is 0 Å². The number of aliphatic hydroxyl groups is 1. The molecule has 1 amide bonds. The molecule has 0 radical (unpaired) electrons. The Labute approximate surface area is 221 Å². The van der Waals surface area contributed by atoms with E-state index in [0.717, 1.165) is 38.2 Å². The summed E-state index contributed by atoms with van der Waals surface area (Å²) in [5, 5.41) is 11.8. The fourth-order valence-corrected chi connectivity index (χ4v) is 5.23. The number of ether oxygens (including phenoxy) is 3. The van der Waals surface area contributed by atoms with Crippen LogP contribution in [0.3, 0.4) is 0 Å². The molecule has 1 fully saturated rings. The lowest BCUT2D eigenvalue weighted by atomic mass is 9.94. The first-order valence-electron chi connectivity index (χ1n) is 13.0. The highest BCUT2D eigenvalue weighted by atomic mass is 16.5. The molecule has 200 valence electrons. The summed E-state index contributed by atoms with van der Waals surface area (Å²) in [4.78, 5) is 30.1. The highest BCUT2D eigenvalue weighted by molar-refractivity contribution is 6.16. The van der Waals surface area contributed by atoms with Gasteiger partial charge in [0, 0.05) is 18.4 Å². The van der Waals surface area contributed by atoms with Crippen molar-refractivity contribution in [2.75, 3.05) is 53.1 Å². The predicted octanol–water partition coefficient (Wildman–Crippen LogP) is 2.72. The van der Waals surface area contributed by atoms with Gasteiger partial charge in [-0.15, -0.1) is 0 Å². The number of fused-ring (bicyclic) bond motifs is 1. The first-order valence-corrected chi connectivity index (χ1v) is 13.0. The number of nitrogens with one attached hydrogen (secondary N) is 1. The molecule has 3 heterocycles. The molecule has 38 heavy (non-hydrogen) atoms. The number of para-hydroxylation sites is 1. The monoisotopic (exact) mass is 521 g/mol. The van der Waals surface area contributed by atoms with Gasteiger partial charge in [0.25, 0.3) is 5.91 Å². The molecule has 0 aliphatic carbocycles. The molecule has 0 spiro atoms. The van der Waals surface area contributed by atoms with Gasteiger partial charge in [-0.3, -0.25) is 9.59 Å². The first kappa shape index (κ1) is 25.8. The zero-order valence-corrected chi connectivity index (χ0v) is 21.7. The van der Waals surface area contributed by atoms with Crippen LogP contribution in [-0.2, 0) is 9.53 Å². The third kappa shape index (κ3) is 4.99. The quantitative estimate of drug-likeness (QED) is 0.396. The maximum atomic E-state index is 13.8. The van der Waals surface area contributed by atoms with Crippen LogP contribution in [0.4, 0.5) is 0 Å². The maximum Gasteiger partial charge on any atom is 0.290 e. The Morgan fingerprint density at radius 1 is 1.13 bits per heavy atom. The van der Waals surface area contributed by atoms with Crippen molar-refractivity contribution >= 4 is 22.7 Å². The van der Waals surface area contributed by atoms with Crippen LogP contribution in [0.15, 0.2) is 64.3 Å². The van der Waals surface area contributed by atoms with Crippen LogP contribution in [0.25, 0.3) is 11.0 Å². The number of hydrogen-bond donors (Lipinski definition) is 2. The minimum Gasteiger partial charge on any atom is -0.503 e. The van der Waals surface area contributed by atoms with Crippen LogP contribution in [-0.4, -0.2) is 74.8 Å². The van der Waals surface area contributed by atoms with Crippen LogP contribution in [0.5, 0.6) is 11.5 Å². The Balaban J connectivity index is 1.49. The van der Waals surface area contributed by atoms with Crippen molar-refractivity contribution in [3.05, 3.63) is 71.2 Å². The number of furan rings is 1. The largest absolute Gasteiger partial charge is 0.503 e. The summed E-state index contributed by atoms with van der Waals surface area (Å²) in [6, 6.07) is 13.5. The molecule has 0 bridgehead atoms. The number of nitrogens with zero attached hydrogens (tertiary/aromatic N) is 1. The highest BCUT2D eigenvalue weighted by Gasteiger charge is 2.44. The van der Waals surface area contributed by atoms with E-state index in [1.807, 2.05) is 25.1 Å². The summed E-state index contributed by atoms with van der Waals surface area (Å²) >= 11 is 0. The Kier molecular flexibility index (Phi) is 7.67. The lowest BCUT2D eigenvalue weighted by Gasteiger charge is -2.29. The fourth-order valence-electron chi connectivity index (χ4n) is 5.23. The van der Waals surface area contributed by atoms with Gasteiger partial charge in [-0.2, -0.15) is 0 Å². The van der Waals surface area contributed by atoms with E-state index < -0.39 is 23.5 Å². The molecule has 2 aromatic carbocycles. The van der Waals surface area contributed by atoms with Crippen molar-refractivity contribution in [2.24, 2.45) is 0 Å². The van der Waals surface area contributed by atoms with Crippen molar-refractivity contribution in [3.63, 3.8) is 0 Å².